The SMILES string of the molecule is O=c1[nH]c2ccccc2c2nc3n[nH]c(-c4nc5ccccc5[nH]4)c3cc12. The van der Waals surface area contributed by atoms with E-state index in [0.29, 0.717) is 28.1 Å². The molecule has 128 valence electrons. The summed E-state index contributed by atoms with van der Waals surface area (Å²) in [5.41, 5.74) is 4.30. The maximum absolute atomic E-state index is 12.6. The lowest BCUT2D eigenvalue weighted by Crippen LogP contribution is -2.07. The number of hydrogen-bond donors (Lipinski definition) is 3. The van der Waals surface area contributed by atoms with Gasteiger partial charge in [0.2, 0.25) is 0 Å². The maximum Gasteiger partial charge on any atom is 0.257 e. The average Bonchev–Trinajstić information content (AvgIpc) is 3.30. The van der Waals surface area contributed by atoms with Crippen LogP contribution in [0.5, 0.6) is 0 Å². The number of hydrogen-bond acceptors (Lipinski definition) is 4. The number of H-pyrrole nitrogens is 3. The van der Waals surface area contributed by atoms with Gasteiger partial charge in [-0.1, -0.05) is 30.3 Å². The van der Waals surface area contributed by atoms with Crippen molar-refractivity contribution < 1.29 is 0 Å². The average molecular weight is 352 g/mol. The number of imidazole rings is 1. The normalized spacial score (nSPS) is 11.9. The van der Waals surface area contributed by atoms with Crippen LogP contribution in [-0.4, -0.2) is 30.1 Å². The Labute approximate surface area is 151 Å². The summed E-state index contributed by atoms with van der Waals surface area (Å²) in [4.78, 5) is 28.1. The van der Waals surface area contributed by atoms with Gasteiger partial charge in [-0.2, -0.15) is 5.10 Å². The van der Waals surface area contributed by atoms with Crippen LogP contribution in [0.4, 0.5) is 0 Å². The van der Waals surface area contributed by atoms with Crippen molar-refractivity contribution >= 4 is 43.9 Å². The number of aromatic nitrogens is 6. The van der Waals surface area contributed by atoms with Gasteiger partial charge in [0.25, 0.3) is 5.56 Å². The summed E-state index contributed by atoms with van der Waals surface area (Å²) >= 11 is 0. The van der Waals surface area contributed by atoms with Crippen LogP contribution < -0.4 is 5.56 Å². The van der Waals surface area contributed by atoms with E-state index in [0.717, 1.165) is 27.3 Å². The predicted octanol–water partition coefficient (Wildman–Crippen LogP) is 3.50. The van der Waals surface area contributed by atoms with Gasteiger partial charge in [0.05, 0.1) is 32.8 Å². The summed E-state index contributed by atoms with van der Waals surface area (Å²) < 4.78 is 0. The third kappa shape index (κ3) is 1.96. The van der Waals surface area contributed by atoms with Crippen molar-refractivity contribution in [1.29, 1.82) is 0 Å². The van der Waals surface area contributed by atoms with Crippen molar-refractivity contribution in [3.05, 3.63) is 65.0 Å². The standard InChI is InChI=1S/C20H12N6O/c27-20-12-9-11-17(19-21-14-7-3-4-8-15(14)22-19)25-26-18(11)24-16(12)10-5-1-2-6-13(10)23-20/h1-9H,(H,21,22)(H,23,27)(H,24,25,26). The van der Waals surface area contributed by atoms with Gasteiger partial charge < -0.3 is 9.97 Å². The van der Waals surface area contributed by atoms with Crippen molar-refractivity contribution in [3.63, 3.8) is 0 Å². The van der Waals surface area contributed by atoms with Crippen LogP contribution in [0.15, 0.2) is 59.4 Å². The Morgan fingerprint density at radius 1 is 0.778 bits per heavy atom. The van der Waals surface area contributed by atoms with E-state index in [4.69, 9.17) is 0 Å². The van der Waals surface area contributed by atoms with E-state index in [1.165, 1.54) is 0 Å². The van der Waals surface area contributed by atoms with Gasteiger partial charge in [0.1, 0.15) is 5.69 Å². The minimum absolute atomic E-state index is 0.171. The monoisotopic (exact) mass is 352 g/mol. The lowest BCUT2D eigenvalue weighted by Gasteiger charge is -2.03. The van der Waals surface area contributed by atoms with Gasteiger partial charge in [-0.3, -0.25) is 9.89 Å². The van der Waals surface area contributed by atoms with Crippen molar-refractivity contribution in [3.8, 4) is 11.5 Å². The van der Waals surface area contributed by atoms with E-state index in [1.54, 1.807) is 0 Å². The Morgan fingerprint density at radius 2 is 1.59 bits per heavy atom. The van der Waals surface area contributed by atoms with Crippen molar-refractivity contribution in [1.82, 2.24) is 30.1 Å². The van der Waals surface area contributed by atoms with E-state index >= 15 is 0 Å². The largest absolute Gasteiger partial charge is 0.337 e. The molecular formula is C20H12N6O. The molecule has 0 fully saturated rings. The van der Waals surface area contributed by atoms with Crippen LogP contribution in [0.3, 0.4) is 0 Å². The first kappa shape index (κ1) is 14.2. The molecule has 0 saturated carbocycles. The first-order valence-electron chi connectivity index (χ1n) is 8.53. The molecule has 0 radical (unpaired) electrons. The number of fused-ring (bicyclic) bond motifs is 5. The molecule has 0 aliphatic rings. The number of rotatable bonds is 1. The highest BCUT2D eigenvalue weighted by Gasteiger charge is 2.16. The van der Waals surface area contributed by atoms with E-state index in [9.17, 15) is 4.79 Å². The lowest BCUT2D eigenvalue weighted by molar-refractivity contribution is 1.09. The molecule has 4 aromatic heterocycles. The number of nitrogens with one attached hydrogen (secondary N) is 3. The van der Waals surface area contributed by atoms with Gasteiger partial charge in [-0.05, 0) is 24.3 Å². The fraction of sp³-hybridized carbons (Fsp3) is 0. The van der Waals surface area contributed by atoms with Crippen molar-refractivity contribution in [2.24, 2.45) is 0 Å². The van der Waals surface area contributed by atoms with Crippen LogP contribution in [0.25, 0.3) is 55.4 Å². The molecule has 6 rings (SSSR count). The maximum atomic E-state index is 12.6. The van der Waals surface area contributed by atoms with E-state index < -0.39 is 0 Å². The molecule has 0 saturated heterocycles. The molecule has 0 amide bonds. The Kier molecular flexibility index (Phi) is 2.64. The lowest BCUT2D eigenvalue weighted by atomic mass is 10.1. The minimum Gasteiger partial charge on any atom is -0.337 e. The smallest absolute Gasteiger partial charge is 0.257 e. The summed E-state index contributed by atoms with van der Waals surface area (Å²) in [7, 11) is 0. The molecule has 7 heteroatoms. The number of benzene rings is 2. The third-order valence-electron chi connectivity index (χ3n) is 4.85. The second-order valence-electron chi connectivity index (χ2n) is 6.46. The molecule has 0 spiro atoms. The molecule has 0 unspecified atom stereocenters. The van der Waals surface area contributed by atoms with Gasteiger partial charge in [-0.15, -0.1) is 0 Å². The summed E-state index contributed by atoms with van der Waals surface area (Å²) in [6, 6.07) is 17.3. The Hall–Kier alpha value is -4.00. The third-order valence-corrected chi connectivity index (χ3v) is 4.85. The number of nitrogens with zero attached hydrogens (tertiary/aromatic N) is 3. The molecule has 27 heavy (non-hydrogen) atoms. The number of pyridine rings is 2. The minimum atomic E-state index is -0.171. The molecule has 3 N–H and O–H groups in total. The number of aromatic amines is 3. The zero-order valence-corrected chi connectivity index (χ0v) is 13.9. The zero-order valence-electron chi connectivity index (χ0n) is 13.9. The second-order valence-corrected chi connectivity index (χ2v) is 6.46. The Bertz CT molecular complexity index is 1520. The van der Waals surface area contributed by atoms with Gasteiger partial charge in [0.15, 0.2) is 11.5 Å². The van der Waals surface area contributed by atoms with Crippen LogP contribution in [0, 0.1) is 0 Å². The van der Waals surface area contributed by atoms with Crippen molar-refractivity contribution in [2.75, 3.05) is 0 Å². The van der Waals surface area contributed by atoms with Crippen LogP contribution >= 0.6 is 0 Å². The first-order chi connectivity index (χ1) is 13.3. The molecule has 4 heterocycles. The van der Waals surface area contributed by atoms with Gasteiger partial charge in [-0.25, -0.2) is 9.97 Å². The van der Waals surface area contributed by atoms with E-state index in [1.807, 2.05) is 54.6 Å². The summed E-state index contributed by atoms with van der Waals surface area (Å²) in [5, 5.41) is 9.53. The molecular weight excluding hydrogens is 340 g/mol. The summed E-state index contributed by atoms with van der Waals surface area (Å²) in [6.45, 7) is 0. The highest BCUT2D eigenvalue weighted by atomic mass is 16.1. The Balaban J connectivity index is 1.70. The first-order valence-corrected chi connectivity index (χ1v) is 8.53. The fourth-order valence-corrected chi connectivity index (χ4v) is 3.56. The van der Waals surface area contributed by atoms with Gasteiger partial charge >= 0.3 is 0 Å². The zero-order chi connectivity index (χ0) is 18.0. The highest BCUT2D eigenvalue weighted by molar-refractivity contribution is 6.07. The molecule has 0 atom stereocenters. The van der Waals surface area contributed by atoms with E-state index in [-0.39, 0.29) is 5.56 Å². The molecule has 2 aromatic carbocycles. The molecule has 6 aromatic rings. The molecule has 0 aliphatic heterocycles. The number of para-hydroxylation sites is 3. The van der Waals surface area contributed by atoms with Crippen LogP contribution in [0.2, 0.25) is 0 Å². The Morgan fingerprint density at radius 3 is 2.48 bits per heavy atom. The van der Waals surface area contributed by atoms with Crippen LogP contribution in [-0.2, 0) is 0 Å². The van der Waals surface area contributed by atoms with Gasteiger partial charge in [0, 0.05) is 5.39 Å². The predicted molar refractivity (Wildman–Crippen MR) is 105 cm³/mol. The second kappa shape index (κ2) is 5.01. The summed E-state index contributed by atoms with van der Waals surface area (Å²) in [6.07, 6.45) is 0. The molecule has 0 aliphatic carbocycles. The molecule has 7 nitrogen and oxygen atoms in total. The van der Waals surface area contributed by atoms with Crippen LogP contribution in [0.1, 0.15) is 0 Å². The topological polar surface area (TPSA) is 103 Å². The highest BCUT2D eigenvalue weighted by Crippen LogP contribution is 2.28. The summed E-state index contributed by atoms with van der Waals surface area (Å²) in [5.74, 6) is 0.664. The fourth-order valence-electron chi connectivity index (χ4n) is 3.56. The quantitative estimate of drug-likeness (QED) is 0.394. The van der Waals surface area contributed by atoms with E-state index in [2.05, 4.69) is 30.1 Å². The van der Waals surface area contributed by atoms with Crippen molar-refractivity contribution in [2.45, 2.75) is 0 Å². The molecule has 0 bridgehead atoms.